The van der Waals surface area contributed by atoms with Gasteiger partial charge < -0.3 is 5.32 Å². The van der Waals surface area contributed by atoms with E-state index in [1.807, 2.05) is 43.7 Å². The van der Waals surface area contributed by atoms with Crippen molar-refractivity contribution in [2.75, 3.05) is 5.32 Å². The molecule has 0 radical (unpaired) electrons. The molecule has 3 rings (SSSR count). The number of carbonyl (C=O) groups is 1. The molecule has 9 nitrogen and oxygen atoms in total. The van der Waals surface area contributed by atoms with Crippen molar-refractivity contribution in [3.63, 3.8) is 0 Å². The molecule has 0 aliphatic heterocycles. The normalized spacial score (nSPS) is 10.9. The van der Waals surface area contributed by atoms with Gasteiger partial charge in [-0.05, 0) is 40.2 Å². The second-order valence-electron chi connectivity index (χ2n) is 7.17. The topological polar surface area (TPSA) is 108 Å². The Kier molecular flexibility index (Phi) is 5.49. The van der Waals surface area contributed by atoms with Gasteiger partial charge in [-0.1, -0.05) is 29.8 Å². The molecule has 3 aromatic rings. The third-order valence-corrected chi connectivity index (χ3v) is 4.88. The van der Waals surface area contributed by atoms with Gasteiger partial charge in [0.15, 0.2) is 0 Å². The first-order chi connectivity index (χ1) is 13.7. The first-order valence-electron chi connectivity index (χ1n) is 9.25. The van der Waals surface area contributed by atoms with Crippen molar-refractivity contribution in [3.05, 3.63) is 68.3 Å². The number of aromatic nitrogens is 4. The summed E-state index contributed by atoms with van der Waals surface area (Å²) in [5, 5.41) is 22.7. The van der Waals surface area contributed by atoms with Gasteiger partial charge in [-0.3, -0.25) is 24.3 Å². The van der Waals surface area contributed by atoms with Gasteiger partial charge in [0.1, 0.15) is 17.9 Å². The quantitative estimate of drug-likeness (QED) is 0.508. The van der Waals surface area contributed by atoms with Gasteiger partial charge in [0, 0.05) is 0 Å². The van der Waals surface area contributed by atoms with Crippen LogP contribution in [0, 0.1) is 44.7 Å². The number of hydrogen-bond acceptors (Lipinski definition) is 5. The molecule has 0 saturated carbocycles. The zero-order chi connectivity index (χ0) is 21.3. The van der Waals surface area contributed by atoms with Gasteiger partial charge >= 0.3 is 5.69 Å². The molecule has 0 aliphatic rings. The largest absolute Gasteiger partial charge is 0.321 e. The first kappa shape index (κ1) is 20.2. The fraction of sp³-hybridized carbons (Fsp3) is 0.350. The van der Waals surface area contributed by atoms with Gasteiger partial charge in [-0.15, -0.1) is 0 Å². The highest BCUT2D eigenvalue weighted by atomic mass is 16.6. The van der Waals surface area contributed by atoms with Crippen molar-refractivity contribution in [2.45, 2.75) is 47.7 Å². The van der Waals surface area contributed by atoms with Gasteiger partial charge in [-0.2, -0.15) is 10.2 Å². The molecule has 152 valence electrons. The molecule has 2 heterocycles. The van der Waals surface area contributed by atoms with E-state index in [1.54, 1.807) is 13.8 Å². The minimum absolute atomic E-state index is 0.0591. The number of nitrogens with one attached hydrogen (secondary N) is 1. The molecule has 0 bridgehead atoms. The van der Waals surface area contributed by atoms with Crippen LogP contribution in [0.1, 0.15) is 33.9 Å². The Morgan fingerprint density at radius 3 is 2.38 bits per heavy atom. The smallest absolute Gasteiger partial charge is 0.312 e. The van der Waals surface area contributed by atoms with Crippen LogP contribution in [0.3, 0.4) is 0 Å². The summed E-state index contributed by atoms with van der Waals surface area (Å²) < 4.78 is 3.21. The SMILES string of the molecule is Cc1cccc(Cn2nc(C)c(NC(=O)Cn3nc(C)c([N+](=O)[O-])c3C)c2C)c1. The predicted octanol–water partition coefficient (Wildman–Crippen LogP) is 3.22. The predicted molar refractivity (Wildman–Crippen MR) is 109 cm³/mol. The summed E-state index contributed by atoms with van der Waals surface area (Å²) in [5.41, 5.74) is 5.10. The van der Waals surface area contributed by atoms with E-state index >= 15 is 0 Å². The molecule has 1 amide bonds. The molecule has 0 unspecified atom stereocenters. The second kappa shape index (κ2) is 7.86. The summed E-state index contributed by atoms with van der Waals surface area (Å²) in [6, 6.07) is 8.19. The van der Waals surface area contributed by atoms with E-state index in [4.69, 9.17) is 0 Å². The van der Waals surface area contributed by atoms with Crippen LogP contribution in [0.5, 0.6) is 0 Å². The van der Waals surface area contributed by atoms with Crippen molar-refractivity contribution >= 4 is 17.3 Å². The number of rotatable bonds is 6. The molecule has 29 heavy (non-hydrogen) atoms. The minimum atomic E-state index is -0.476. The highest BCUT2D eigenvalue weighted by Gasteiger charge is 2.23. The zero-order valence-corrected chi connectivity index (χ0v) is 17.2. The Labute approximate surface area is 168 Å². The lowest BCUT2D eigenvalue weighted by Gasteiger charge is -2.08. The third-order valence-electron chi connectivity index (χ3n) is 4.88. The van der Waals surface area contributed by atoms with E-state index in [2.05, 4.69) is 21.6 Å². The van der Waals surface area contributed by atoms with E-state index in [0.717, 1.165) is 11.3 Å². The number of nitrogens with zero attached hydrogens (tertiary/aromatic N) is 5. The molecule has 0 atom stereocenters. The molecule has 0 fully saturated rings. The summed E-state index contributed by atoms with van der Waals surface area (Å²) in [4.78, 5) is 23.2. The van der Waals surface area contributed by atoms with E-state index < -0.39 is 4.92 Å². The average Bonchev–Trinajstić information content (AvgIpc) is 3.05. The van der Waals surface area contributed by atoms with Crippen molar-refractivity contribution in [1.82, 2.24) is 19.6 Å². The maximum Gasteiger partial charge on any atom is 0.312 e. The lowest BCUT2D eigenvalue weighted by molar-refractivity contribution is -0.386. The number of amides is 1. The minimum Gasteiger partial charge on any atom is -0.321 e. The van der Waals surface area contributed by atoms with Crippen LogP contribution in [0.15, 0.2) is 24.3 Å². The summed E-state index contributed by atoms with van der Waals surface area (Å²) in [6.07, 6.45) is 0. The monoisotopic (exact) mass is 396 g/mol. The van der Waals surface area contributed by atoms with Crippen molar-refractivity contribution in [2.24, 2.45) is 0 Å². The molecule has 1 N–H and O–H groups in total. The Balaban J connectivity index is 1.77. The van der Waals surface area contributed by atoms with Crippen molar-refractivity contribution in [1.29, 1.82) is 0 Å². The third kappa shape index (κ3) is 4.18. The van der Waals surface area contributed by atoms with Crippen LogP contribution in [-0.2, 0) is 17.9 Å². The highest BCUT2D eigenvalue weighted by molar-refractivity contribution is 5.91. The van der Waals surface area contributed by atoms with Crippen LogP contribution in [0.25, 0.3) is 0 Å². The number of nitro groups is 1. The molecule has 9 heteroatoms. The number of benzene rings is 1. The number of hydrogen-bond donors (Lipinski definition) is 1. The summed E-state index contributed by atoms with van der Waals surface area (Å²) in [6.45, 7) is 9.42. The Hall–Kier alpha value is -3.49. The first-order valence-corrected chi connectivity index (χ1v) is 9.25. The molecular formula is C20H24N6O3. The van der Waals surface area contributed by atoms with Crippen LogP contribution >= 0.6 is 0 Å². The zero-order valence-electron chi connectivity index (χ0n) is 17.2. The van der Waals surface area contributed by atoms with Gasteiger partial charge in [0.2, 0.25) is 5.91 Å². The summed E-state index contributed by atoms with van der Waals surface area (Å²) >= 11 is 0. The molecular weight excluding hydrogens is 372 g/mol. The maximum atomic E-state index is 12.6. The molecule has 0 aliphatic carbocycles. The van der Waals surface area contributed by atoms with Gasteiger partial charge in [0.25, 0.3) is 0 Å². The second-order valence-corrected chi connectivity index (χ2v) is 7.17. The van der Waals surface area contributed by atoms with E-state index in [0.29, 0.717) is 29.3 Å². The highest BCUT2D eigenvalue weighted by Crippen LogP contribution is 2.23. The molecule has 0 spiro atoms. The average molecular weight is 396 g/mol. The lowest BCUT2D eigenvalue weighted by Crippen LogP contribution is -2.21. The Bertz CT molecular complexity index is 1100. The van der Waals surface area contributed by atoms with Crippen molar-refractivity contribution < 1.29 is 9.72 Å². The molecule has 0 saturated heterocycles. The number of carbonyl (C=O) groups excluding carboxylic acids is 1. The lowest BCUT2D eigenvalue weighted by atomic mass is 10.1. The summed E-state index contributed by atoms with van der Waals surface area (Å²) in [7, 11) is 0. The van der Waals surface area contributed by atoms with E-state index in [9.17, 15) is 14.9 Å². The van der Waals surface area contributed by atoms with Gasteiger partial charge in [-0.25, -0.2) is 0 Å². The Morgan fingerprint density at radius 1 is 1.07 bits per heavy atom. The van der Waals surface area contributed by atoms with E-state index in [-0.39, 0.29) is 18.1 Å². The van der Waals surface area contributed by atoms with Crippen LogP contribution in [0.4, 0.5) is 11.4 Å². The van der Waals surface area contributed by atoms with Crippen LogP contribution in [0.2, 0.25) is 0 Å². The Morgan fingerprint density at radius 2 is 1.76 bits per heavy atom. The number of aryl methyl sites for hydroxylation is 3. The maximum absolute atomic E-state index is 12.6. The fourth-order valence-electron chi connectivity index (χ4n) is 3.44. The van der Waals surface area contributed by atoms with Gasteiger partial charge in [0.05, 0.1) is 28.5 Å². The standard InChI is InChI=1S/C20H24N6O3/c1-12-7-6-8-17(9-12)10-24-15(4)19(13(2)22-24)21-18(27)11-25-16(5)20(26(28)29)14(3)23-25/h6-9H,10-11H2,1-5H3,(H,21,27). The summed E-state index contributed by atoms with van der Waals surface area (Å²) in [5.74, 6) is -0.313. The van der Waals surface area contributed by atoms with Crippen LogP contribution in [-0.4, -0.2) is 30.4 Å². The molecule has 2 aromatic heterocycles. The van der Waals surface area contributed by atoms with Crippen LogP contribution < -0.4 is 5.32 Å². The van der Waals surface area contributed by atoms with Crippen molar-refractivity contribution in [3.8, 4) is 0 Å². The van der Waals surface area contributed by atoms with E-state index in [1.165, 1.54) is 10.2 Å². The number of anilines is 1. The fourth-order valence-corrected chi connectivity index (χ4v) is 3.44. The molecule has 1 aromatic carbocycles.